The fourth-order valence-electron chi connectivity index (χ4n) is 8.90. The Balaban J connectivity index is 1.04. The van der Waals surface area contributed by atoms with Crippen LogP contribution in [-0.4, -0.2) is 22.9 Å². The first-order valence-electron chi connectivity index (χ1n) is 20.5. The van der Waals surface area contributed by atoms with Crippen molar-refractivity contribution in [1.82, 2.24) is 14.1 Å². The molecule has 0 bridgehead atoms. The van der Waals surface area contributed by atoms with Crippen molar-refractivity contribution in [1.29, 1.82) is 0 Å². The third kappa shape index (κ3) is 6.08. The van der Waals surface area contributed by atoms with Crippen molar-refractivity contribution in [3.05, 3.63) is 206 Å². The Labute approximate surface area is 345 Å². The maximum absolute atomic E-state index is 5.14. The number of rotatable bonds is 7. The van der Waals surface area contributed by atoms with E-state index in [1.165, 1.54) is 65.6 Å². The summed E-state index contributed by atoms with van der Waals surface area (Å²) in [5.41, 5.74) is 15.9. The smallest absolute Gasteiger partial charge is 0.0715 e. The van der Waals surface area contributed by atoms with Gasteiger partial charge in [-0.2, -0.15) is 0 Å². The van der Waals surface area contributed by atoms with E-state index < -0.39 is 8.80 Å². The number of para-hydroxylation sites is 2. The van der Waals surface area contributed by atoms with Gasteiger partial charge in [0.2, 0.25) is 0 Å². The lowest BCUT2D eigenvalue weighted by molar-refractivity contribution is 1.18. The SMILES string of the molecule is C[SiH](C)c1ccc(-n2c3ccccc3c3ccc(-c4ccc5c(c4)c4ccccc4n5-c4cccc(-c5cc(-c6ccccc6)nc(-c6ccccc6)c5)c4)cc32)cc1. The van der Waals surface area contributed by atoms with Crippen LogP contribution in [0.4, 0.5) is 0 Å². The second kappa shape index (κ2) is 14.3. The predicted molar refractivity (Wildman–Crippen MR) is 253 cm³/mol. The summed E-state index contributed by atoms with van der Waals surface area (Å²) < 4.78 is 4.85. The average molecular weight is 772 g/mol. The van der Waals surface area contributed by atoms with Crippen LogP contribution in [0.2, 0.25) is 13.1 Å². The predicted octanol–water partition coefficient (Wildman–Crippen LogP) is 13.6. The molecule has 0 saturated carbocycles. The minimum absolute atomic E-state index is 0.890. The van der Waals surface area contributed by atoms with Crippen LogP contribution >= 0.6 is 0 Å². The standard InChI is InChI=1S/C55H41N3Si/c1-59(2)45-28-26-43(27-29-45)57-52-22-11-9-20-46(52)48-30-24-41(36-55(48)57)40-25-31-54-49(33-40)47-21-10-12-23-53(47)58(54)44-19-13-18-39(32-44)42-34-50(37-14-5-3-6-15-37)56-51(35-42)38-16-7-4-8-17-38/h3-36,59H,1-2H3. The van der Waals surface area contributed by atoms with E-state index in [-0.39, 0.29) is 0 Å². The molecule has 11 rings (SSSR count). The third-order valence-corrected chi connectivity index (χ3v) is 13.6. The molecule has 11 aromatic rings. The second-order valence-corrected chi connectivity index (χ2v) is 18.8. The molecular weight excluding hydrogens is 731 g/mol. The van der Waals surface area contributed by atoms with Gasteiger partial charge in [-0.15, -0.1) is 0 Å². The van der Waals surface area contributed by atoms with Crippen molar-refractivity contribution in [2.24, 2.45) is 0 Å². The molecule has 0 radical (unpaired) electrons. The lowest BCUT2D eigenvalue weighted by Gasteiger charge is -2.13. The van der Waals surface area contributed by atoms with E-state index in [9.17, 15) is 0 Å². The minimum Gasteiger partial charge on any atom is -0.309 e. The molecule has 0 unspecified atom stereocenters. The molecule has 8 aromatic carbocycles. The normalized spacial score (nSPS) is 11.7. The van der Waals surface area contributed by atoms with Crippen molar-refractivity contribution < 1.29 is 0 Å². The van der Waals surface area contributed by atoms with Crippen LogP contribution < -0.4 is 5.19 Å². The Morgan fingerprint density at radius 1 is 0.322 bits per heavy atom. The first-order valence-corrected chi connectivity index (χ1v) is 23.4. The fraction of sp³-hybridized carbons (Fsp3) is 0.0364. The summed E-state index contributed by atoms with van der Waals surface area (Å²) in [7, 11) is -0.890. The van der Waals surface area contributed by atoms with Gasteiger partial charge in [-0.05, 0) is 89.0 Å². The summed E-state index contributed by atoms with van der Waals surface area (Å²) in [5.74, 6) is 0. The van der Waals surface area contributed by atoms with Crippen LogP contribution in [0.5, 0.6) is 0 Å². The maximum Gasteiger partial charge on any atom is 0.0715 e. The van der Waals surface area contributed by atoms with E-state index >= 15 is 0 Å². The molecule has 280 valence electrons. The van der Waals surface area contributed by atoms with Crippen molar-refractivity contribution >= 4 is 57.6 Å². The van der Waals surface area contributed by atoms with E-state index in [2.05, 4.69) is 228 Å². The lowest BCUT2D eigenvalue weighted by Crippen LogP contribution is -2.21. The van der Waals surface area contributed by atoms with E-state index in [1.807, 2.05) is 0 Å². The highest BCUT2D eigenvalue weighted by atomic mass is 28.3. The van der Waals surface area contributed by atoms with Crippen molar-refractivity contribution in [3.8, 4) is 56.1 Å². The van der Waals surface area contributed by atoms with Gasteiger partial charge in [0.25, 0.3) is 0 Å². The number of benzene rings is 8. The van der Waals surface area contributed by atoms with E-state index in [0.717, 1.165) is 39.3 Å². The third-order valence-electron chi connectivity index (χ3n) is 11.9. The highest BCUT2D eigenvalue weighted by Crippen LogP contribution is 2.39. The monoisotopic (exact) mass is 771 g/mol. The quantitative estimate of drug-likeness (QED) is 0.148. The second-order valence-electron chi connectivity index (χ2n) is 15.8. The molecule has 0 saturated heterocycles. The van der Waals surface area contributed by atoms with Gasteiger partial charge in [0.1, 0.15) is 0 Å². The number of hydrogen-bond acceptors (Lipinski definition) is 1. The number of hydrogen-bond donors (Lipinski definition) is 0. The summed E-state index contributed by atoms with van der Waals surface area (Å²) in [6, 6.07) is 75.1. The zero-order valence-electron chi connectivity index (χ0n) is 33.0. The van der Waals surface area contributed by atoms with Crippen LogP contribution in [0.1, 0.15) is 0 Å². The number of aromatic nitrogens is 3. The summed E-state index contributed by atoms with van der Waals surface area (Å²) in [6.07, 6.45) is 0. The van der Waals surface area contributed by atoms with Crippen molar-refractivity contribution in [2.75, 3.05) is 0 Å². The van der Waals surface area contributed by atoms with Gasteiger partial charge in [-0.1, -0.05) is 158 Å². The Morgan fingerprint density at radius 2 is 0.831 bits per heavy atom. The molecular formula is C55H41N3Si. The Bertz CT molecular complexity index is 3280. The Kier molecular flexibility index (Phi) is 8.45. The average Bonchev–Trinajstić information content (AvgIpc) is 3.82. The summed E-state index contributed by atoms with van der Waals surface area (Å²) in [6.45, 7) is 4.78. The number of pyridine rings is 1. The molecule has 59 heavy (non-hydrogen) atoms. The first-order chi connectivity index (χ1) is 29.1. The summed E-state index contributed by atoms with van der Waals surface area (Å²) >= 11 is 0. The largest absolute Gasteiger partial charge is 0.309 e. The molecule has 0 N–H and O–H groups in total. The summed E-state index contributed by atoms with van der Waals surface area (Å²) in [4.78, 5) is 5.14. The zero-order chi connectivity index (χ0) is 39.5. The molecule has 0 spiro atoms. The van der Waals surface area contributed by atoms with Gasteiger partial charge < -0.3 is 9.13 Å². The van der Waals surface area contributed by atoms with Crippen LogP contribution in [0.25, 0.3) is 99.8 Å². The van der Waals surface area contributed by atoms with Crippen molar-refractivity contribution in [2.45, 2.75) is 13.1 Å². The van der Waals surface area contributed by atoms with E-state index in [4.69, 9.17) is 4.98 Å². The maximum atomic E-state index is 5.14. The Hall–Kier alpha value is -7.27. The molecule has 0 aliphatic rings. The summed E-state index contributed by atoms with van der Waals surface area (Å²) in [5, 5.41) is 6.50. The van der Waals surface area contributed by atoms with Gasteiger partial charge >= 0.3 is 0 Å². The topological polar surface area (TPSA) is 22.8 Å². The highest BCUT2D eigenvalue weighted by molar-refractivity contribution is 6.70. The molecule has 0 amide bonds. The molecule has 3 nitrogen and oxygen atoms in total. The van der Waals surface area contributed by atoms with Crippen LogP contribution in [-0.2, 0) is 0 Å². The van der Waals surface area contributed by atoms with Gasteiger partial charge in [-0.3, -0.25) is 0 Å². The highest BCUT2D eigenvalue weighted by Gasteiger charge is 2.17. The van der Waals surface area contributed by atoms with Crippen LogP contribution in [0.15, 0.2) is 206 Å². The first kappa shape index (κ1) is 34.9. The molecule has 0 fully saturated rings. The van der Waals surface area contributed by atoms with Crippen LogP contribution in [0.3, 0.4) is 0 Å². The number of nitrogens with zero attached hydrogens (tertiary/aromatic N) is 3. The Morgan fingerprint density at radius 3 is 1.49 bits per heavy atom. The molecule has 0 aliphatic carbocycles. The minimum atomic E-state index is -0.890. The van der Waals surface area contributed by atoms with Crippen LogP contribution in [0, 0.1) is 0 Å². The molecule has 3 heterocycles. The van der Waals surface area contributed by atoms with Gasteiger partial charge in [0.15, 0.2) is 0 Å². The van der Waals surface area contributed by atoms with E-state index in [1.54, 1.807) is 0 Å². The molecule has 0 atom stereocenters. The van der Waals surface area contributed by atoms with Crippen molar-refractivity contribution in [3.63, 3.8) is 0 Å². The van der Waals surface area contributed by atoms with E-state index in [0.29, 0.717) is 0 Å². The van der Waals surface area contributed by atoms with Gasteiger partial charge in [0, 0.05) is 44.0 Å². The molecule has 0 aliphatic heterocycles. The fourth-order valence-corrected chi connectivity index (χ4v) is 9.86. The molecule has 4 heteroatoms. The zero-order valence-corrected chi connectivity index (χ0v) is 34.2. The lowest BCUT2D eigenvalue weighted by atomic mass is 9.99. The van der Waals surface area contributed by atoms with Gasteiger partial charge in [0.05, 0.1) is 42.3 Å². The number of fused-ring (bicyclic) bond motifs is 6. The van der Waals surface area contributed by atoms with Gasteiger partial charge in [-0.25, -0.2) is 4.98 Å². The molecule has 3 aromatic heterocycles.